The predicted molar refractivity (Wildman–Crippen MR) is 80.2 cm³/mol. The molecule has 2 nitrogen and oxygen atoms in total. The zero-order valence-corrected chi connectivity index (χ0v) is 12.4. The Morgan fingerprint density at radius 1 is 1.33 bits per heavy atom. The SMILES string of the molecule is CC(CC1CC1)NC1=NCC2(CCCCC2)CS1. The zero-order chi connectivity index (χ0) is 12.4. The van der Waals surface area contributed by atoms with Crippen LogP contribution in [-0.2, 0) is 0 Å². The number of rotatable bonds is 3. The summed E-state index contributed by atoms with van der Waals surface area (Å²) in [6, 6.07) is 0.615. The molecule has 18 heavy (non-hydrogen) atoms. The highest BCUT2D eigenvalue weighted by Crippen LogP contribution is 2.41. The fourth-order valence-electron chi connectivity index (χ4n) is 3.37. The van der Waals surface area contributed by atoms with Crippen LogP contribution in [0.1, 0.15) is 58.3 Å². The fourth-order valence-corrected chi connectivity index (χ4v) is 4.63. The number of hydrogen-bond acceptors (Lipinski definition) is 3. The van der Waals surface area contributed by atoms with E-state index in [1.807, 2.05) is 11.8 Å². The van der Waals surface area contributed by atoms with Gasteiger partial charge in [0, 0.05) is 18.3 Å². The van der Waals surface area contributed by atoms with Gasteiger partial charge in [0.15, 0.2) is 5.17 Å². The van der Waals surface area contributed by atoms with E-state index >= 15 is 0 Å². The van der Waals surface area contributed by atoms with E-state index in [2.05, 4.69) is 12.2 Å². The number of amidine groups is 1. The standard InChI is InChI=1S/C15H26N2S/c1-12(9-13-5-6-13)17-14-16-10-15(11-18-14)7-3-2-4-8-15/h12-13H,2-11H2,1H3,(H,16,17). The number of aliphatic imine (C=N–C) groups is 1. The molecule has 3 rings (SSSR count). The highest BCUT2D eigenvalue weighted by atomic mass is 32.2. The lowest BCUT2D eigenvalue weighted by atomic mass is 9.75. The molecule has 1 atom stereocenters. The summed E-state index contributed by atoms with van der Waals surface area (Å²) in [6.45, 7) is 3.39. The predicted octanol–water partition coefficient (Wildman–Crippen LogP) is 3.82. The van der Waals surface area contributed by atoms with Gasteiger partial charge in [-0.25, -0.2) is 0 Å². The first kappa shape index (κ1) is 12.8. The van der Waals surface area contributed by atoms with Crippen molar-refractivity contribution >= 4 is 16.9 Å². The van der Waals surface area contributed by atoms with Crippen molar-refractivity contribution in [3.05, 3.63) is 0 Å². The van der Waals surface area contributed by atoms with Crippen LogP contribution >= 0.6 is 11.8 Å². The summed E-state index contributed by atoms with van der Waals surface area (Å²) in [4.78, 5) is 4.84. The third-order valence-electron chi connectivity index (χ3n) is 4.74. The maximum atomic E-state index is 4.84. The van der Waals surface area contributed by atoms with Gasteiger partial charge in [-0.1, -0.05) is 43.9 Å². The van der Waals surface area contributed by atoms with Crippen molar-refractivity contribution in [3.63, 3.8) is 0 Å². The Kier molecular flexibility index (Phi) is 3.88. The molecule has 2 aliphatic carbocycles. The third kappa shape index (κ3) is 3.23. The first-order valence-electron chi connectivity index (χ1n) is 7.70. The minimum atomic E-state index is 0.563. The molecule has 1 heterocycles. The molecule has 2 fully saturated rings. The molecule has 0 radical (unpaired) electrons. The molecule has 1 spiro atoms. The van der Waals surface area contributed by atoms with Gasteiger partial charge in [0.2, 0.25) is 0 Å². The maximum absolute atomic E-state index is 4.84. The first-order chi connectivity index (χ1) is 8.76. The zero-order valence-electron chi connectivity index (χ0n) is 11.6. The van der Waals surface area contributed by atoms with Crippen molar-refractivity contribution in [1.82, 2.24) is 5.32 Å². The topological polar surface area (TPSA) is 24.4 Å². The third-order valence-corrected chi connectivity index (χ3v) is 6.02. The quantitative estimate of drug-likeness (QED) is 0.840. The van der Waals surface area contributed by atoms with Gasteiger partial charge in [-0.15, -0.1) is 0 Å². The normalized spacial score (nSPS) is 28.8. The highest BCUT2D eigenvalue weighted by Gasteiger charge is 2.35. The largest absolute Gasteiger partial charge is 0.362 e. The fraction of sp³-hybridized carbons (Fsp3) is 0.933. The lowest BCUT2D eigenvalue weighted by molar-refractivity contribution is 0.232. The van der Waals surface area contributed by atoms with E-state index in [4.69, 9.17) is 4.99 Å². The molecular formula is C15H26N2S. The van der Waals surface area contributed by atoms with Gasteiger partial charge >= 0.3 is 0 Å². The molecule has 1 N–H and O–H groups in total. The van der Waals surface area contributed by atoms with Gasteiger partial charge in [0.1, 0.15) is 0 Å². The van der Waals surface area contributed by atoms with E-state index < -0.39 is 0 Å². The molecule has 0 saturated heterocycles. The second-order valence-electron chi connectivity index (χ2n) is 6.70. The first-order valence-corrected chi connectivity index (χ1v) is 8.68. The molecule has 102 valence electrons. The second kappa shape index (κ2) is 5.44. The van der Waals surface area contributed by atoms with Crippen LogP contribution in [0.15, 0.2) is 4.99 Å². The van der Waals surface area contributed by atoms with Crippen molar-refractivity contribution < 1.29 is 0 Å². The molecule has 0 aromatic heterocycles. The number of thioether (sulfide) groups is 1. The second-order valence-corrected chi connectivity index (χ2v) is 7.66. The highest BCUT2D eigenvalue weighted by molar-refractivity contribution is 8.13. The minimum absolute atomic E-state index is 0.563. The lowest BCUT2D eigenvalue weighted by Gasteiger charge is -2.38. The Labute approximate surface area is 115 Å². The molecule has 1 aliphatic heterocycles. The minimum Gasteiger partial charge on any atom is -0.362 e. The summed E-state index contributed by atoms with van der Waals surface area (Å²) in [5, 5.41) is 4.85. The molecule has 0 aromatic carbocycles. The summed E-state index contributed by atoms with van der Waals surface area (Å²) < 4.78 is 0. The smallest absolute Gasteiger partial charge is 0.156 e. The van der Waals surface area contributed by atoms with Crippen LogP contribution in [0.3, 0.4) is 0 Å². The number of nitrogens with one attached hydrogen (secondary N) is 1. The molecule has 1 unspecified atom stereocenters. The van der Waals surface area contributed by atoms with Gasteiger partial charge in [0.25, 0.3) is 0 Å². The number of nitrogens with zero attached hydrogens (tertiary/aromatic N) is 1. The summed E-state index contributed by atoms with van der Waals surface area (Å²) >= 11 is 1.98. The average Bonchev–Trinajstić information content (AvgIpc) is 3.17. The van der Waals surface area contributed by atoms with Crippen molar-refractivity contribution in [1.29, 1.82) is 0 Å². The Morgan fingerprint density at radius 2 is 2.11 bits per heavy atom. The van der Waals surface area contributed by atoms with Crippen LogP contribution in [0.4, 0.5) is 0 Å². The maximum Gasteiger partial charge on any atom is 0.156 e. The van der Waals surface area contributed by atoms with Crippen LogP contribution in [0.2, 0.25) is 0 Å². The van der Waals surface area contributed by atoms with Gasteiger partial charge < -0.3 is 5.32 Å². The number of hydrogen-bond donors (Lipinski definition) is 1. The molecule has 0 amide bonds. The van der Waals surface area contributed by atoms with E-state index in [0.29, 0.717) is 11.5 Å². The summed E-state index contributed by atoms with van der Waals surface area (Å²) in [5.74, 6) is 2.31. The van der Waals surface area contributed by atoms with E-state index in [1.54, 1.807) is 0 Å². The van der Waals surface area contributed by atoms with Crippen LogP contribution < -0.4 is 5.32 Å². The Balaban J connectivity index is 1.49. The lowest BCUT2D eigenvalue weighted by Crippen LogP contribution is -2.39. The van der Waals surface area contributed by atoms with Crippen molar-refractivity contribution in [2.75, 3.05) is 12.3 Å². The van der Waals surface area contributed by atoms with Crippen LogP contribution in [0.25, 0.3) is 0 Å². The van der Waals surface area contributed by atoms with Crippen molar-refractivity contribution in [3.8, 4) is 0 Å². The van der Waals surface area contributed by atoms with Gasteiger partial charge in [-0.05, 0) is 37.5 Å². The molecule has 2 saturated carbocycles. The van der Waals surface area contributed by atoms with Crippen molar-refractivity contribution in [2.45, 2.75) is 64.3 Å². The van der Waals surface area contributed by atoms with Gasteiger partial charge in [-0.2, -0.15) is 0 Å². The van der Waals surface area contributed by atoms with Crippen LogP contribution in [0, 0.1) is 11.3 Å². The van der Waals surface area contributed by atoms with E-state index in [9.17, 15) is 0 Å². The molecular weight excluding hydrogens is 240 g/mol. The van der Waals surface area contributed by atoms with Crippen LogP contribution in [0.5, 0.6) is 0 Å². The summed E-state index contributed by atoms with van der Waals surface area (Å²) in [6.07, 6.45) is 11.4. The van der Waals surface area contributed by atoms with Crippen LogP contribution in [-0.4, -0.2) is 23.5 Å². The summed E-state index contributed by atoms with van der Waals surface area (Å²) in [7, 11) is 0. The Morgan fingerprint density at radius 3 is 2.72 bits per heavy atom. The van der Waals surface area contributed by atoms with E-state index in [1.165, 1.54) is 62.3 Å². The Bertz CT molecular complexity index is 316. The molecule has 3 aliphatic rings. The van der Waals surface area contributed by atoms with Gasteiger partial charge in [0.05, 0.1) is 0 Å². The van der Waals surface area contributed by atoms with E-state index in [-0.39, 0.29) is 0 Å². The van der Waals surface area contributed by atoms with Crippen molar-refractivity contribution in [2.24, 2.45) is 16.3 Å². The monoisotopic (exact) mass is 266 g/mol. The molecule has 0 bridgehead atoms. The van der Waals surface area contributed by atoms with E-state index in [0.717, 1.165) is 12.5 Å². The molecule has 3 heteroatoms. The average molecular weight is 266 g/mol. The van der Waals surface area contributed by atoms with Gasteiger partial charge in [-0.3, -0.25) is 4.99 Å². The molecule has 0 aromatic rings. The summed E-state index contributed by atoms with van der Waals surface area (Å²) in [5.41, 5.74) is 0.563. The Hall–Kier alpha value is -0.180.